The molecule has 4 nitrogen and oxygen atoms in total. The van der Waals surface area contributed by atoms with E-state index in [1.165, 1.54) is 5.56 Å². The summed E-state index contributed by atoms with van der Waals surface area (Å²) >= 11 is 0. The average molecular weight is 270 g/mol. The molecule has 0 saturated carbocycles. The van der Waals surface area contributed by atoms with Crippen molar-refractivity contribution >= 4 is 23.1 Å². The summed E-state index contributed by atoms with van der Waals surface area (Å²) < 4.78 is 0. The number of ketones is 1. The molecule has 0 atom stereocenters. The van der Waals surface area contributed by atoms with Crippen LogP contribution in [-0.4, -0.2) is 28.6 Å². The second kappa shape index (κ2) is 4.20. The van der Waals surface area contributed by atoms with Gasteiger partial charge in [0.1, 0.15) is 0 Å². The Labute approximate surface area is 117 Å². The number of aromatic amines is 1. The van der Waals surface area contributed by atoms with Crippen molar-refractivity contribution in [3.05, 3.63) is 35.0 Å². The number of fused-ring (bicyclic) bond motifs is 3. The predicted octanol–water partition coefficient (Wildman–Crippen LogP) is 2.62. The van der Waals surface area contributed by atoms with E-state index >= 15 is 0 Å². The normalized spacial score (nSPS) is 17.1. The number of carbonyl (C=O) groups is 2. The molecule has 0 fully saturated rings. The van der Waals surface area contributed by atoms with E-state index in [0.717, 1.165) is 35.0 Å². The number of nitrogens with one attached hydrogen (secondary N) is 1. The lowest BCUT2D eigenvalue weighted by Crippen LogP contribution is -2.45. The molecule has 1 aliphatic rings. The highest BCUT2D eigenvalue weighted by atomic mass is 16.1. The van der Waals surface area contributed by atoms with Crippen molar-refractivity contribution in [2.45, 2.75) is 32.7 Å². The predicted molar refractivity (Wildman–Crippen MR) is 77.8 cm³/mol. The standard InChI is InChI=1S/C16H18N2O2/c1-10(20)11-4-5-14-13(8-11)12-6-7-18(9-19)16(2,3)15(12)17-14/h4-5,8-9,17H,6-7H2,1-3H3. The third kappa shape index (κ3) is 1.68. The van der Waals surface area contributed by atoms with E-state index in [0.29, 0.717) is 6.54 Å². The summed E-state index contributed by atoms with van der Waals surface area (Å²) in [6.07, 6.45) is 1.73. The molecule has 0 radical (unpaired) electrons. The molecule has 2 aromatic rings. The van der Waals surface area contributed by atoms with Crippen LogP contribution in [0.15, 0.2) is 18.2 Å². The van der Waals surface area contributed by atoms with Gasteiger partial charge in [-0.25, -0.2) is 0 Å². The summed E-state index contributed by atoms with van der Waals surface area (Å²) in [7, 11) is 0. The van der Waals surface area contributed by atoms with Crippen LogP contribution >= 0.6 is 0 Å². The Bertz CT molecular complexity index is 713. The number of carbonyl (C=O) groups excluding carboxylic acids is 2. The van der Waals surface area contributed by atoms with E-state index in [4.69, 9.17) is 0 Å². The maximum Gasteiger partial charge on any atom is 0.210 e. The molecule has 3 rings (SSSR count). The van der Waals surface area contributed by atoms with Crippen LogP contribution < -0.4 is 0 Å². The smallest absolute Gasteiger partial charge is 0.210 e. The SMILES string of the molecule is CC(=O)c1ccc2[nH]c3c(c2c1)CCN(C=O)C3(C)C. The van der Waals surface area contributed by atoms with Crippen molar-refractivity contribution in [2.75, 3.05) is 6.54 Å². The van der Waals surface area contributed by atoms with Gasteiger partial charge in [0.05, 0.1) is 5.54 Å². The first-order chi connectivity index (χ1) is 9.45. The molecule has 20 heavy (non-hydrogen) atoms. The monoisotopic (exact) mass is 270 g/mol. The highest BCUT2D eigenvalue weighted by Crippen LogP contribution is 2.37. The highest BCUT2D eigenvalue weighted by Gasteiger charge is 2.36. The van der Waals surface area contributed by atoms with Gasteiger partial charge in [0.25, 0.3) is 0 Å². The molecule has 104 valence electrons. The number of amides is 1. The topological polar surface area (TPSA) is 53.2 Å². The molecule has 0 aliphatic carbocycles. The van der Waals surface area contributed by atoms with Gasteiger partial charge in [-0.05, 0) is 51.0 Å². The molecular formula is C16H18N2O2. The van der Waals surface area contributed by atoms with Crippen LogP contribution in [0, 0.1) is 0 Å². The molecule has 1 amide bonds. The number of nitrogens with zero attached hydrogens (tertiary/aromatic N) is 1. The number of H-pyrrole nitrogens is 1. The van der Waals surface area contributed by atoms with Crippen molar-refractivity contribution in [3.8, 4) is 0 Å². The second-order valence-corrected chi connectivity index (χ2v) is 5.90. The Morgan fingerprint density at radius 3 is 2.80 bits per heavy atom. The van der Waals surface area contributed by atoms with Crippen molar-refractivity contribution in [3.63, 3.8) is 0 Å². The Hall–Kier alpha value is -2.10. The minimum Gasteiger partial charge on any atom is -0.356 e. The molecule has 0 bridgehead atoms. The van der Waals surface area contributed by atoms with Gasteiger partial charge >= 0.3 is 0 Å². The molecule has 1 N–H and O–H groups in total. The van der Waals surface area contributed by atoms with E-state index in [1.807, 2.05) is 36.9 Å². The van der Waals surface area contributed by atoms with Crippen molar-refractivity contribution in [2.24, 2.45) is 0 Å². The summed E-state index contributed by atoms with van der Waals surface area (Å²) in [6.45, 7) is 6.38. The van der Waals surface area contributed by atoms with E-state index in [2.05, 4.69) is 4.98 Å². The van der Waals surface area contributed by atoms with Crippen LogP contribution in [0.4, 0.5) is 0 Å². The van der Waals surface area contributed by atoms with Gasteiger partial charge in [0, 0.05) is 28.7 Å². The Kier molecular flexibility index (Phi) is 2.71. The van der Waals surface area contributed by atoms with Gasteiger partial charge in [-0.2, -0.15) is 0 Å². The molecule has 1 aromatic heterocycles. The zero-order chi connectivity index (χ0) is 14.5. The van der Waals surface area contributed by atoms with E-state index in [-0.39, 0.29) is 11.3 Å². The molecule has 0 spiro atoms. The van der Waals surface area contributed by atoms with Crippen LogP contribution in [0.2, 0.25) is 0 Å². The summed E-state index contributed by atoms with van der Waals surface area (Å²) in [6, 6.07) is 5.75. The van der Waals surface area contributed by atoms with Gasteiger partial charge in [-0.1, -0.05) is 0 Å². The molecule has 1 aliphatic heterocycles. The van der Waals surface area contributed by atoms with E-state index in [1.54, 1.807) is 6.92 Å². The van der Waals surface area contributed by atoms with Crippen molar-refractivity contribution in [1.29, 1.82) is 0 Å². The highest BCUT2D eigenvalue weighted by molar-refractivity contribution is 5.99. The number of Topliss-reactive ketones (excluding diaryl/α,β-unsaturated/α-hetero) is 1. The fourth-order valence-corrected chi connectivity index (χ4v) is 3.09. The molecular weight excluding hydrogens is 252 g/mol. The number of hydrogen-bond donors (Lipinski definition) is 1. The summed E-state index contributed by atoms with van der Waals surface area (Å²) in [5.41, 5.74) is 3.72. The Morgan fingerprint density at radius 1 is 1.40 bits per heavy atom. The fourth-order valence-electron chi connectivity index (χ4n) is 3.09. The van der Waals surface area contributed by atoms with Gasteiger partial charge < -0.3 is 9.88 Å². The van der Waals surface area contributed by atoms with Crippen molar-refractivity contribution < 1.29 is 9.59 Å². The summed E-state index contributed by atoms with van der Waals surface area (Å²) in [5, 5.41) is 1.10. The number of benzene rings is 1. The largest absolute Gasteiger partial charge is 0.356 e. The molecule has 2 heterocycles. The quantitative estimate of drug-likeness (QED) is 0.673. The van der Waals surface area contributed by atoms with Gasteiger partial charge in [0.2, 0.25) is 6.41 Å². The van der Waals surface area contributed by atoms with E-state index < -0.39 is 0 Å². The van der Waals surface area contributed by atoms with Crippen LogP contribution in [0.3, 0.4) is 0 Å². The third-order valence-corrected chi connectivity index (χ3v) is 4.37. The molecule has 0 unspecified atom stereocenters. The van der Waals surface area contributed by atoms with Gasteiger partial charge in [-0.3, -0.25) is 9.59 Å². The summed E-state index contributed by atoms with van der Waals surface area (Å²) in [4.78, 5) is 28.0. The van der Waals surface area contributed by atoms with E-state index in [9.17, 15) is 9.59 Å². The average Bonchev–Trinajstić information content (AvgIpc) is 2.78. The Morgan fingerprint density at radius 2 is 2.15 bits per heavy atom. The lowest BCUT2D eigenvalue weighted by Gasteiger charge is -2.39. The third-order valence-electron chi connectivity index (χ3n) is 4.37. The fraction of sp³-hybridized carbons (Fsp3) is 0.375. The van der Waals surface area contributed by atoms with Gasteiger partial charge in [-0.15, -0.1) is 0 Å². The lowest BCUT2D eigenvalue weighted by molar-refractivity contribution is -0.123. The van der Waals surface area contributed by atoms with Crippen LogP contribution in [0.5, 0.6) is 0 Å². The van der Waals surface area contributed by atoms with Crippen LogP contribution in [0.25, 0.3) is 10.9 Å². The minimum absolute atomic E-state index is 0.0754. The molecule has 1 aromatic carbocycles. The van der Waals surface area contributed by atoms with Crippen LogP contribution in [-0.2, 0) is 16.8 Å². The molecule has 4 heteroatoms. The maximum absolute atomic E-state index is 11.5. The number of hydrogen-bond acceptors (Lipinski definition) is 2. The minimum atomic E-state index is -0.343. The maximum atomic E-state index is 11.5. The lowest BCUT2D eigenvalue weighted by atomic mass is 9.88. The Balaban J connectivity index is 2.24. The first kappa shape index (κ1) is 12.9. The summed E-state index contributed by atoms with van der Waals surface area (Å²) in [5.74, 6) is 0.0754. The first-order valence-electron chi connectivity index (χ1n) is 6.83. The number of rotatable bonds is 2. The number of aromatic nitrogens is 1. The van der Waals surface area contributed by atoms with Crippen LogP contribution in [0.1, 0.15) is 42.4 Å². The van der Waals surface area contributed by atoms with Gasteiger partial charge in [0.15, 0.2) is 5.78 Å². The first-order valence-corrected chi connectivity index (χ1v) is 6.83. The second-order valence-electron chi connectivity index (χ2n) is 5.90. The molecule has 0 saturated heterocycles. The zero-order valence-corrected chi connectivity index (χ0v) is 12.0. The van der Waals surface area contributed by atoms with Crippen molar-refractivity contribution in [1.82, 2.24) is 9.88 Å². The zero-order valence-electron chi connectivity index (χ0n) is 12.0.